The van der Waals surface area contributed by atoms with Crippen LogP contribution >= 0.6 is 0 Å². The minimum absolute atomic E-state index is 0.554. The van der Waals surface area contributed by atoms with Crippen LogP contribution in [-0.4, -0.2) is 22.9 Å². The van der Waals surface area contributed by atoms with Gasteiger partial charge in [0.15, 0.2) is 0 Å². The summed E-state index contributed by atoms with van der Waals surface area (Å²) >= 11 is 0. The molecule has 2 aromatic rings. The molecular formula is C16H21N3. The molecule has 0 atom stereocenters. The molecule has 1 N–H and O–H groups in total. The fraction of sp³-hybridized carbons (Fsp3) is 0.438. The lowest BCUT2D eigenvalue weighted by Crippen LogP contribution is -2.29. The summed E-state index contributed by atoms with van der Waals surface area (Å²) in [5.74, 6) is 0. The lowest BCUT2D eigenvalue weighted by molar-refractivity contribution is 0.342. The minimum atomic E-state index is 0.554. The standard InChI is InChI=1S/C16H21N3/c1-12-4-3-5-14(10-12)16-11-19(18-13(16)2)15-6-8-17-9-7-15/h3-5,10-11,15,17H,6-9H2,1-2H3. The highest BCUT2D eigenvalue weighted by Crippen LogP contribution is 2.26. The van der Waals surface area contributed by atoms with Gasteiger partial charge in [-0.2, -0.15) is 5.10 Å². The van der Waals surface area contributed by atoms with E-state index in [0.717, 1.165) is 18.8 Å². The Morgan fingerprint density at radius 1 is 1.21 bits per heavy atom. The summed E-state index contributed by atoms with van der Waals surface area (Å²) in [7, 11) is 0. The summed E-state index contributed by atoms with van der Waals surface area (Å²) in [4.78, 5) is 0. The fourth-order valence-electron chi connectivity index (χ4n) is 2.84. The molecule has 3 heteroatoms. The third-order valence-electron chi connectivity index (χ3n) is 3.93. The quantitative estimate of drug-likeness (QED) is 0.893. The molecular weight excluding hydrogens is 234 g/mol. The Balaban J connectivity index is 1.92. The molecule has 0 spiro atoms. The summed E-state index contributed by atoms with van der Waals surface area (Å²) in [6, 6.07) is 9.21. The van der Waals surface area contributed by atoms with Crippen LogP contribution in [0.2, 0.25) is 0 Å². The average molecular weight is 255 g/mol. The van der Waals surface area contributed by atoms with E-state index in [0.29, 0.717) is 6.04 Å². The number of nitrogens with one attached hydrogen (secondary N) is 1. The molecule has 3 rings (SSSR count). The number of rotatable bonds is 2. The van der Waals surface area contributed by atoms with Gasteiger partial charge in [0, 0.05) is 11.8 Å². The number of benzene rings is 1. The largest absolute Gasteiger partial charge is 0.317 e. The first-order valence-electron chi connectivity index (χ1n) is 7.07. The SMILES string of the molecule is Cc1cccc(-c2cn(C3CCNCC3)nc2C)c1. The van der Waals surface area contributed by atoms with Gasteiger partial charge in [-0.1, -0.05) is 29.8 Å². The third kappa shape index (κ3) is 2.56. The van der Waals surface area contributed by atoms with Crippen molar-refractivity contribution in [2.75, 3.05) is 13.1 Å². The van der Waals surface area contributed by atoms with E-state index in [9.17, 15) is 0 Å². The van der Waals surface area contributed by atoms with Crippen LogP contribution in [0.5, 0.6) is 0 Å². The molecule has 1 fully saturated rings. The summed E-state index contributed by atoms with van der Waals surface area (Å²) in [6.45, 7) is 6.44. The molecule has 1 aliphatic heterocycles. The normalized spacial score (nSPS) is 16.7. The first kappa shape index (κ1) is 12.4. The lowest BCUT2D eigenvalue weighted by atomic mass is 10.0. The van der Waals surface area contributed by atoms with E-state index in [-0.39, 0.29) is 0 Å². The molecule has 0 radical (unpaired) electrons. The van der Waals surface area contributed by atoms with E-state index in [1.54, 1.807) is 0 Å². The molecule has 3 nitrogen and oxygen atoms in total. The second-order valence-corrected chi connectivity index (χ2v) is 5.46. The maximum absolute atomic E-state index is 4.73. The van der Waals surface area contributed by atoms with E-state index in [4.69, 9.17) is 5.10 Å². The molecule has 1 aliphatic rings. The van der Waals surface area contributed by atoms with Crippen LogP contribution in [0.3, 0.4) is 0 Å². The average Bonchev–Trinajstić information content (AvgIpc) is 2.82. The molecule has 0 saturated carbocycles. The minimum Gasteiger partial charge on any atom is -0.317 e. The van der Waals surface area contributed by atoms with Crippen LogP contribution in [0, 0.1) is 13.8 Å². The summed E-state index contributed by atoms with van der Waals surface area (Å²) < 4.78 is 2.17. The zero-order valence-electron chi connectivity index (χ0n) is 11.7. The maximum atomic E-state index is 4.73. The molecule has 2 heterocycles. The van der Waals surface area contributed by atoms with E-state index in [2.05, 4.69) is 54.3 Å². The van der Waals surface area contributed by atoms with Crippen LogP contribution in [-0.2, 0) is 0 Å². The predicted octanol–water partition coefficient (Wildman–Crippen LogP) is 3.09. The van der Waals surface area contributed by atoms with Crippen LogP contribution in [0.4, 0.5) is 0 Å². The molecule has 0 aliphatic carbocycles. The fourth-order valence-corrected chi connectivity index (χ4v) is 2.84. The van der Waals surface area contributed by atoms with Gasteiger partial charge >= 0.3 is 0 Å². The third-order valence-corrected chi connectivity index (χ3v) is 3.93. The van der Waals surface area contributed by atoms with Crippen molar-refractivity contribution in [3.05, 3.63) is 41.7 Å². The second kappa shape index (κ2) is 5.17. The van der Waals surface area contributed by atoms with Gasteiger partial charge in [-0.05, 0) is 45.3 Å². The Labute approximate surface area is 114 Å². The topological polar surface area (TPSA) is 29.9 Å². The summed E-state index contributed by atoms with van der Waals surface area (Å²) in [6.07, 6.45) is 4.57. The van der Waals surface area contributed by atoms with Crippen LogP contribution < -0.4 is 5.32 Å². The van der Waals surface area contributed by atoms with Gasteiger partial charge in [0.1, 0.15) is 0 Å². The van der Waals surface area contributed by atoms with Crippen molar-refractivity contribution in [2.24, 2.45) is 0 Å². The number of aryl methyl sites for hydroxylation is 2. The Morgan fingerprint density at radius 2 is 2.00 bits per heavy atom. The Bertz CT molecular complexity index is 565. The van der Waals surface area contributed by atoms with Crippen molar-refractivity contribution < 1.29 is 0 Å². The monoisotopic (exact) mass is 255 g/mol. The van der Waals surface area contributed by atoms with Gasteiger partial charge in [0.25, 0.3) is 0 Å². The van der Waals surface area contributed by atoms with Crippen LogP contribution in [0.1, 0.15) is 30.1 Å². The van der Waals surface area contributed by atoms with Gasteiger partial charge < -0.3 is 5.32 Å². The molecule has 1 aromatic carbocycles. The van der Waals surface area contributed by atoms with Crippen LogP contribution in [0.25, 0.3) is 11.1 Å². The molecule has 19 heavy (non-hydrogen) atoms. The van der Waals surface area contributed by atoms with Crippen molar-refractivity contribution in [3.8, 4) is 11.1 Å². The summed E-state index contributed by atoms with van der Waals surface area (Å²) in [5.41, 5.74) is 4.97. The number of aromatic nitrogens is 2. The van der Waals surface area contributed by atoms with Crippen LogP contribution in [0.15, 0.2) is 30.5 Å². The molecule has 1 aromatic heterocycles. The van der Waals surface area contributed by atoms with Gasteiger partial charge in [-0.3, -0.25) is 4.68 Å². The Kier molecular flexibility index (Phi) is 3.38. The molecule has 100 valence electrons. The Hall–Kier alpha value is -1.61. The number of hydrogen-bond acceptors (Lipinski definition) is 2. The zero-order valence-corrected chi connectivity index (χ0v) is 11.7. The van der Waals surface area contributed by atoms with Gasteiger partial charge in [0.05, 0.1) is 11.7 Å². The number of piperidine rings is 1. The van der Waals surface area contributed by atoms with Gasteiger partial charge in [-0.25, -0.2) is 0 Å². The van der Waals surface area contributed by atoms with Crippen molar-refractivity contribution in [1.82, 2.24) is 15.1 Å². The highest BCUT2D eigenvalue weighted by atomic mass is 15.3. The molecule has 1 saturated heterocycles. The van der Waals surface area contributed by atoms with Crippen molar-refractivity contribution >= 4 is 0 Å². The lowest BCUT2D eigenvalue weighted by Gasteiger charge is -2.22. The number of nitrogens with zero attached hydrogens (tertiary/aromatic N) is 2. The van der Waals surface area contributed by atoms with Crippen molar-refractivity contribution in [2.45, 2.75) is 32.7 Å². The summed E-state index contributed by atoms with van der Waals surface area (Å²) in [5, 5.41) is 8.13. The molecule has 0 amide bonds. The van der Waals surface area contributed by atoms with Gasteiger partial charge in [0.2, 0.25) is 0 Å². The molecule has 0 unspecified atom stereocenters. The predicted molar refractivity (Wildman–Crippen MR) is 78.3 cm³/mol. The zero-order chi connectivity index (χ0) is 13.2. The van der Waals surface area contributed by atoms with E-state index < -0.39 is 0 Å². The first-order chi connectivity index (χ1) is 9.24. The molecule has 0 bridgehead atoms. The highest BCUT2D eigenvalue weighted by molar-refractivity contribution is 5.65. The van der Waals surface area contributed by atoms with Crippen molar-refractivity contribution in [3.63, 3.8) is 0 Å². The second-order valence-electron chi connectivity index (χ2n) is 5.46. The van der Waals surface area contributed by atoms with E-state index in [1.165, 1.54) is 29.5 Å². The smallest absolute Gasteiger partial charge is 0.0672 e. The Morgan fingerprint density at radius 3 is 2.74 bits per heavy atom. The maximum Gasteiger partial charge on any atom is 0.0672 e. The van der Waals surface area contributed by atoms with E-state index >= 15 is 0 Å². The van der Waals surface area contributed by atoms with E-state index in [1.807, 2.05) is 0 Å². The van der Waals surface area contributed by atoms with Crippen molar-refractivity contribution in [1.29, 1.82) is 0 Å². The van der Waals surface area contributed by atoms with Gasteiger partial charge in [-0.15, -0.1) is 0 Å². The first-order valence-corrected chi connectivity index (χ1v) is 7.07. The highest BCUT2D eigenvalue weighted by Gasteiger charge is 2.17. The number of hydrogen-bond donors (Lipinski definition) is 1.